The first-order chi connectivity index (χ1) is 10.2. The van der Waals surface area contributed by atoms with Crippen molar-refractivity contribution in [2.45, 2.75) is 26.2 Å². The highest BCUT2D eigenvalue weighted by atomic mass is 35.5. The summed E-state index contributed by atoms with van der Waals surface area (Å²) in [5, 5.41) is 0.925. The zero-order valence-electron chi connectivity index (χ0n) is 12.3. The third-order valence-corrected chi connectivity index (χ3v) is 4.24. The van der Waals surface area contributed by atoms with Crippen LogP contribution in [0.4, 0.5) is 0 Å². The van der Waals surface area contributed by atoms with Gasteiger partial charge >= 0.3 is 0 Å². The van der Waals surface area contributed by atoms with Crippen LogP contribution in [-0.4, -0.2) is 0 Å². The van der Waals surface area contributed by atoms with E-state index in [2.05, 4.69) is 67.6 Å². The molecule has 0 nitrogen and oxygen atoms in total. The van der Waals surface area contributed by atoms with Crippen LogP contribution in [0.25, 0.3) is 5.57 Å². The molecule has 0 atom stereocenters. The summed E-state index contributed by atoms with van der Waals surface area (Å²) < 4.78 is 0. The topological polar surface area (TPSA) is 0 Å². The molecular weight excluding hydrogens is 276 g/mol. The predicted molar refractivity (Wildman–Crippen MR) is 92.3 cm³/mol. The van der Waals surface area contributed by atoms with Gasteiger partial charge in [-0.3, -0.25) is 0 Å². The van der Waals surface area contributed by atoms with Gasteiger partial charge < -0.3 is 0 Å². The van der Waals surface area contributed by atoms with Gasteiger partial charge in [-0.1, -0.05) is 71.8 Å². The Morgan fingerprint density at radius 3 is 2.90 bits per heavy atom. The van der Waals surface area contributed by atoms with Crippen LogP contribution >= 0.6 is 11.6 Å². The molecule has 0 heterocycles. The second kappa shape index (κ2) is 6.32. The molecule has 0 amide bonds. The van der Waals surface area contributed by atoms with Gasteiger partial charge in [0.05, 0.1) is 0 Å². The van der Waals surface area contributed by atoms with E-state index >= 15 is 0 Å². The molecule has 0 aliphatic heterocycles. The molecule has 0 spiro atoms. The van der Waals surface area contributed by atoms with Crippen LogP contribution < -0.4 is 0 Å². The lowest BCUT2D eigenvalue weighted by Crippen LogP contribution is -1.92. The molecule has 0 radical (unpaired) electrons. The highest BCUT2D eigenvalue weighted by Gasteiger charge is 2.12. The lowest BCUT2D eigenvalue weighted by atomic mass is 9.98. The molecule has 3 rings (SSSR count). The average Bonchev–Trinajstić information content (AvgIpc) is 2.70. The molecule has 1 heteroatoms. The van der Waals surface area contributed by atoms with Gasteiger partial charge in [-0.15, -0.1) is 0 Å². The van der Waals surface area contributed by atoms with Crippen molar-refractivity contribution < 1.29 is 0 Å². The van der Waals surface area contributed by atoms with Crippen LogP contribution in [0.2, 0.25) is 0 Å². The van der Waals surface area contributed by atoms with Gasteiger partial charge in [0.15, 0.2) is 0 Å². The van der Waals surface area contributed by atoms with Gasteiger partial charge in [-0.05, 0) is 54.5 Å². The largest absolute Gasteiger partial charge is 0.0844 e. The minimum atomic E-state index is 0.925. The fourth-order valence-electron chi connectivity index (χ4n) is 2.82. The molecule has 1 aromatic carbocycles. The molecule has 0 aromatic heterocycles. The Hall–Kier alpha value is -1.79. The van der Waals surface area contributed by atoms with Crippen molar-refractivity contribution in [1.29, 1.82) is 0 Å². The molecule has 106 valence electrons. The lowest BCUT2D eigenvalue weighted by Gasteiger charge is -2.08. The smallest absolute Gasteiger partial charge is 0.0404 e. The standard InChI is InChI=1S/C20H19Cl/c1-15-11-19(20(21)12-15)14-16-7-6-10-18(13-16)17-8-4-2-3-5-9-17/h2,4-10,12-13H,3,11,14H2,1H3. The van der Waals surface area contributed by atoms with E-state index in [0.29, 0.717) is 0 Å². The van der Waals surface area contributed by atoms with Crippen LogP contribution in [0.5, 0.6) is 0 Å². The summed E-state index contributed by atoms with van der Waals surface area (Å²) in [7, 11) is 0. The first-order valence-electron chi connectivity index (χ1n) is 7.40. The van der Waals surface area contributed by atoms with Crippen molar-refractivity contribution in [2.24, 2.45) is 0 Å². The Morgan fingerprint density at radius 1 is 1.19 bits per heavy atom. The Kier molecular flexibility index (Phi) is 4.26. The number of halogens is 1. The highest BCUT2D eigenvalue weighted by molar-refractivity contribution is 6.32. The van der Waals surface area contributed by atoms with Crippen molar-refractivity contribution >= 4 is 17.2 Å². The number of allylic oxidation sites excluding steroid dienone is 10. The summed E-state index contributed by atoms with van der Waals surface area (Å²) in [6, 6.07) is 8.77. The van der Waals surface area contributed by atoms with Gasteiger partial charge in [0.1, 0.15) is 0 Å². The fourth-order valence-corrected chi connectivity index (χ4v) is 3.14. The number of benzene rings is 1. The van der Waals surface area contributed by atoms with E-state index in [0.717, 1.165) is 24.3 Å². The van der Waals surface area contributed by atoms with Crippen molar-refractivity contribution in [2.75, 3.05) is 0 Å². The first kappa shape index (κ1) is 14.2. The average molecular weight is 295 g/mol. The van der Waals surface area contributed by atoms with Crippen LogP contribution in [0.1, 0.15) is 30.9 Å². The van der Waals surface area contributed by atoms with Crippen molar-refractivity contribution in [3.05, 3.63) is 88.0 Å². The van der Waals surface area contributed by atoms with Gasteiger partial charge in [0.2, 0.25) is 0 Å². The van der Waals surface area contributed by atoms with E-state index < -0.39 is 0 Å². The Labute approximate surface area is 131 Å². The highest BCUT2D eigenvalue weighted by Crippen LogP contribution is 2.30. The third kappa shape index (κ3) is 3.46. The summed E-state index contributed by atoms with van der Waals surface area (Å²) in [5.41, 5.74) is 6.55. The van der Waals surface area contributed by atoms with E-state index in [1.807, 2.05) is 0 Å². The maximum Gasteiger partial charge on any atom is 0.0404 e. The Balaban J connectivity index is 1.83. The second-order valence-corrected chi connectivity index (χ2v) is 6.09. The summed E-state index contributed by atoms with van der Waals surface area (Å²) in [5.74, 6) is 0. The van der Waals surface area contributed by atoms with Gasteiger partial charge in [-0.2, -0.15) is 0 Å². The SMILES string of the molecule is CC1=CC(Cl)=C(Cc2cccc(C3=CC=CCC=C3)c2)C1. The molecule has 0 N–H and O–H groups in total. The van der Waals surface area contributed by atoms with Crippen molar-refractivity contribution in [3.8, 4) is 0 Å². The Morgan fingerprint density at radius 2 is 2.10 bits per heavy atom. The van der Waals surface area contributed by atoms with Gasteiger partial charge in [0.25, 0.3) is 0 Å². The molecule has 1 aromatic rings. The summed E-state index contributed by atoms with van der Waals surface area (Å²) in [4.78, 5) is 0. The summed E-state index contributed by atoms with van der Waals surface area (Å²) in [6.07, 6.45) is 15.9. The fraction of sp³-hybridized carbons (Fsp3) is 0.200. The predicted octanol–water partition coefficient (Wildman–Crippen LogP) is 5.97. The third-order valence-electron chi connectivity index (χ3n) is 3.86. The maximum absolute atomic E-state index is 6.30. The zero-order valence-corrected chi connectivity index (χ0v) is 13.0. The van der Waals surface area contributed by atoms with Crippen LogP contribution in [0, 0.1) is 0 Å². The molecule has 0 saturated carbocycles. The van der Waals surface area contributed by atoms with Crippen LogP contribution in [0.15, 0.2) is 76.9 Å². The zero-order chi connectivity index (χ0) is 14.7. The summed E-state index contributed by atoms with van der Waals surface area (Å²) >= 11 is 6.30. The number of rotatable bonds is 3. The van der Waals surface area contributed by atoms with Gasteiger partial charge in [-0.25, -0.2) is 0 Å². The monoisotopic (exact) mass is 294 g/mol. The van der Waals surface area contributed by atoms with Crippen molar-refractivity contribution in [3.63, 3.8) is 0 Å². The molecule has 0 bridgehead atoms. The molecule has 0 saturated heterocycles. The van der Waals surface area contributed by atoms with Gasteiger partial charge in [0, 0.05) is 5.03 Å². The Bertz CT molecular complexity index is 696. The normalized spacial score (nSPS) is 17.8. The maximum atomic E-state index is 6.30. The van der Waals surface area contributed by atoms with Crippen molar-refractivity contribution in [1.82, 2.24) is 0 Å². The van der Waals surface area contributed by atoms with Crippen LogP contribution in [-0.2, 0) is 6.42 Å². The van der Waals surface area contributed by atoms with E-state index in [1.165, 1.54) is 27.8 Å². The van der Waals surface area contributed by atoms with Crippen LogP contribution in [0.3, 0.4) is 0 Å². The molecule has 0 fully saturated rings. The molecular formula is C20H19Cl. The van der Waals surface area contributed by atoms with E-state index in [1.54, 1.807) is 0 Å². The molecule has 2 aliphatic carbocycles. The molecule has 2 aliphatic rings. The lowest BCUT2D eigenvalue weighted by molar-refractivity contribution is 1.04. The van der Waals surface area contributed by atoms with E-state index in [-0.39, 0.29) is 0 Å². The second-order valence-electron chi connectivity index (χ2n) is 5.68. The molecule has 0 unspecified atom stereocenters. The molecule has 21 heavy (non-hydrogen) atoms. The minimum absolute atomic E-state index is 0.925. The first-order valence-corrected chi connectivity index (χ1v) is 7.77. The summed E-state index contributed by atoms with van der Waals surface area (Å²) in [6.45, 7) is 2.14. The number of hydrogen-bond donors (Lipinski definition) is 0. The van der Waals surface area contributed by atoms with E-state index in [4.69, 9.17) is 11.6 Å². The quantitative estimate of drug-likeness (QED) is 0.644. The minimum Gasteiger partial charge on any atom is -0.0844 e. The van der Waals surface area contributed by atoms with E-state index in [9.17, 15) is 0 Å². The number of hydrogen-bond acceptors (Lipinski definition) is 0.